The summed E-state index contributed by atoms with van der Waals surface area (Å²) in [6, 6.07) is 3.78. The minimum atomic E-state index is 0.390. The monoisotopic (exact) mass is 265 g/mol. The standard InChI is InChI=1S/C11H14Cl3N/c1-3-8(4-2)15-11-9(13)5-7(12)6-10(11)14/h5-6,8,15H,3-4H2,1-2H3. The molecule has 1 N–H and O–H groups in total. The van der Waals surface area contributed by atoms with Crippen molar-refractivity contribution in [2.45, 2.75) is 32.7 Å². The Morgan fingerprint density at radius 2 is 1.53 bits per heavy atom. The Labute approximate surface area is 106 Å². The predicted octanol–water partition coefficient (Wildman–Crippen LogP) is 5.25. The fraction of sp³-hybridized carbons (Fsp3) is 0.455. The van der Waals surface area contributed by atoms with Crippen LogP contribution in [0, 0.1) is 0 Å². The molecule has 15 heavy (non-hydrogen) atoms. The summed E-state index contributed by atoms with van der Waals surface area (Å²) in [5.74, 6) is 0. The number of halogens is 3. The van der Waals surface area contributed by atoms with E-state index in [1.54, 1.807) is 12.1 Å². The minimum Gasteiger partial charge on any atom is -0.380 e. The average molecular weight is 267 g/mol. The molecule has 1 aromatic rings. The van der Waals surface area contributed by atoms with E-state index in [1.165, 1.54) is 0 Å². The van der Waals surface area contributed by atoms with Crippen LogP contribution in [0.3, 0.4) is 0 Å². The van der Waals surface area contributed by atoms with Gasteiger partial charge in [-0.05, 0) is 25.0 Å². The Bertz CT molecular complexity index is 312. The average Bonchev–Trinajstić information content (AvgIpc) is 2.17. The Balaban J connectivity index is 2.94. The van der Waals surface area contributed by atoms with Crippen molar-refractivity contribution in [2.24, 2.45) is 0 Å². The first-order chi connectivity index (χ1) is 7.08. The van der Waals surface area contributed by atoms with Crippen LogP contribution in [0.15, 0.2) is 12.1 Å². The summed E-state index contributed by atoms with van der Waals surface area (Å²) in [5, 5.41) is 5.01. The zero-order valence-electron chi connectivity index (χ0n) is 8.78. The van der Waals surface area contributed by atoms with Gasteiger partial charge in [-0.3, -0.25) is 0 Å². The van der Waals surface area contributed by atoms with E-state index in [9.17, 15) is 0 Å². The van der Waals surface area contributed by atoms with Crippen LogP contribution < -0.4 is 5.32 Å². The van der Waals surface area contributed by atoms with Crippen molar-refractivity contribution < 1.29 is 0 Å². The number of hydrogen-bond acceptors (Lipinski definition) is 1. The topological polar surface area (TPSA) is 12.0 Å². The highest BCUT2D eigenvalue weighted by Crippen LogP contribution is 2.34. The summed E-state index contributed by atoms with van der Waals surface area (Å²) < 4.78 is 0. The van der Waals surface area contributed by atoms with Crippen LogP contribution in [-0.4, -0.2) is 6.04 Å². The molecule has 1 aromatic carbocycles. The van der Waals surface area contributed by atoms with Gasteiger partial charge in [-0.2, -0.15) is 0 Å². The molecule has 0 heterocycles. The van der Waals surface area contributed by atoms with E-state index >= 15 is 0 Å². The Morgan fingerprint density at radius 3 is 1.93 bits per heavy atom. The lowest BCUT2D eigenvalue weighted by atomic mass is 10.1. The van der Waals surface area contributed by atoms with E-state index in [0.717, 1.165) is 18.5 Å². The zero-order chi connectivity index (χ0) is 11.4. The van der Waals surface area contributed by atoms with E-state index in [4.69, 9.17) is 34.8 Å². The van der Waals surface area contributed by atoms with Crippen LogP contribution in [0.5, 0.6) is 0 Å². The molecule has 0 aromatic heterocycles. The molecule has 0 aliphatic rings. The van der Waals surface area contributed by atoms with Gasteiger partial charge in [0.15, 0.2) is 0 Å². The van der Waals surface area contributed by atoms with Gasteiger partial charge in [0, 0.05) is 11.1 Å². The number of benzene rings is 1. The van der Waals surface area contributed by atoms with Gasteiger partial charge in [0.25, 0.3) is 0 Å². The van der Waals surface area contributed by atoms with Gasteiger partial charge in [-0.1, -0.05) is 48.7 Å². The van der Waals surface area contributed by atoms with E-state index < -0.39 is 0 Å². The molecule has 0 bridgehead atoms. The SMILES string of the molecule is CCC(CC)Nc1c(Cl)cc(Cl)cc1Cl. The van der Waals surface area contributed by atoms with Crippen molar-refractivity contribution in [1.29, 1.82) is 0 Å². The molecule has 0 saturated heterocycles. The Kier molecular flexibility index (Phi) is 5.04. The molecule has 0 unspecified atom stereocenters. The van der Waals surface area contributed by atoms with E-state index in [-0.39, 0.29) is 0 Å². The predicted molar refractivity (Wildman–Crippen MR) is 69.5 cm³/mol. The maximum atomic E-state index is 6.06. The fourth-order valence-electron chi connectivity index (χ4n) is 1.38. The zero-order valence-corrected chi connectivity index (χ0v) is 11.0. The van der Waals surface area contributed by atoms with Gasteiger partial charge >= 0.3 is 0 Å². The van der Waals surface area contributed by atoms with Crippen LogP contribution in [-0.2, 0) is 0 Å². The van der Waals surface area contributed by atoms with Crippen molar-refractivity contribution in [1.82, 2.24) is 0 Å². The fourth-order valence-corrected chi connectivity index (χ4v) is 2.30. The molecule has 0 aliphatic carbocycles. The summed E-state index contributed by atoms with van der Waals surface area (Å²) in [5.41, 5.74) is 0.774. The van der Waals surface area contributed by atoms with E-state index in [1.807, 2.05) is 0 Å². The molecule has 0 saturated carbocycles. The second-order valence-corrected chi connectivity index (χ2v) is 4.65. The Hall–Kier alpha value is -0.110. The second kappa shape index (κ2) is 5.83. The summed E-state index contributed by atoms with van der Waals surface area (Å²) in [6.45, 7) is 4.25. The molecule has 0 spiro atoms. The lowest BCUT2D eigenvalue weighted by Gasteiger charge is -2.18. The number of rotatable bonds is 4. The molecule has 0 radical (unpaired) electrons. The van der Waals surface area contributed by atoms with Gasteiger partial charge in [0.1, 0.15) is 0 Å². The highest BCUT2D eigenvalue weighted by Gasteiger charge is 2.11. The third-order valence-corrected chi connectivity index (χ3v) is 3.16. The van der Waals surface area contributed by atoms with Crippen LogP contribution in [0.4, 0.5) is 5.69 Å². The first-order valence-corrected chi connectivity index (χ1v) is 6.12. The molecule has 4 heteroatoms. The molecular formula is C11H14Cl3N. The van der Waals surface area contributed by atoms with Gasteiger partial charge in [-0.25, -0.2) is 0 Å². The highest BCUT2D eigenvalue weighted by atomic mass is 35.5. The largest absolute Gasteiger partial charge is 0.380 e. The van der Waals surface area contributed by atoms with Gasteiger partial charge in [-0.15, -0.1) is 0 Å². The molecular weight excluding hydrogens is 252 g/mol. The summed E-state index contributed by atoms with van der Waals surface area (Å²) in [7, 11) is 0. The van der Waals surface area contributed by atoms with Crippen molar-refractivity contribution in [3.8, 4) is 0 Å². The van der Waals surface area contributed by atoms with Gasteiger partial charge in [0.2, 0.25) is 0 Å². The lowest BCUT2D eigenvalue weighted by Crippen LogP contribution is -2.17. The first kappa shape index (κ1) is 13.0. The molecule has 0 aliphatic heterocycles. The quantitative estimate of drug-likeness (QED) is 0.785. The van der Waals surface area contributed by atoms with Crippen molar-refractivity contribution in [2.75, 3.05) is 5.32 Å². The summed E-state index contributed by atoms with van der Waals surface area (Å²) in [6.07, 6.45) is 2.07. The summed E-state index contributed by atoms with van der Waals surface area (Å²) in [4.78, 5) is 0. The maximum Gasteiger partial charge on any atom is 0.0722 e. The molecule has 0 fully saturated rings. The molecule has 0 amide bonds. The van der Waals surface area contributed by atoms with Crippen LogP contribution in [0.1, 0.15) is 26.7 Å². The smallest absolute Gasteiger partial charge is 0.0722 e. The van der Waals surface area contributed by atoms with Gasteiger partial charge < -0.3 is 5.32 Å². The number of anilines is 1. The minimum absolute atomic E-state index is 0.390. The van der Waals surface area contributed by atoms with E-state index in [0.29, 0.717) is 21.1 Å². The summed E-state index contributed by atoms with van der Waals surface area (Å²) >= 11 is 18.0. The first-order valence-electron chi connectivity index (χ1n) is 4.99. The maximum absolute atomic E-state index is 6.06. The third-order valence-electron chi connectivity index (χ3n) is 2.34. The Morgan fingerprint density at radius 1 is 1.07 bits per heavy atom. The van der Waals surface area contributed by atoms with Crippen LogP contribution in [0.2, 0.25) is 15.1 Å². The van der Waals surface area contributed by atoms with E-state index in [2.05, 4.69) is 19.2 Å². The van der Waals surface area contributed by atoms with Crippen LogP contribution >= 0.6 is 34.8 Å². The van der Waals surface area contributed by atoms with Crippen molar-refractivity contribution in [3.05, 3.63) is 27.2 Å². The molecule has 0 atom stereocenters. The molecule has 1 nitrogen and oxygen atoms in total. The molecule has 84 valence electrons. The third kappa shape index (κ3) is 3.44. The van der Waals surface area contributed by atoms with Crippen molar-refractivity contribution >= 4 is 40.5 Å². The number of hydrogen-bond donors (Lipinski definition) is 1. The second-order valence-electron chi connectivity index (χ2n) is 3.40. The molecule has 1 rings (SSSR count). The highest BCUT2D eigenvalue weighted by molar-refractivity contribution is 6.41. The van der Waals surface area contributed by atoms with Crippen LogP contribution in [0.25, 0.3) is 0 Å². The van der Waals surface area contributed by atoms with Gasteiger partial charge in [0.05, 0.1) is 15.7 Å². The van der Waals surface area contributed by atoms with Crippen molar-refractivity contribution in [3.63, 3.8) is 0 Å². The lowest BCUT2D eigenvalue weighted by molar-refractivity contribution is 0.672. The normalized spacial score (nSPS) is 10.8. The number of nitrogens with one attached hydrogen (secondary N) is 1.